The number of amides is 1. The fourth-order valence-corrected chi connectivity index (χ4v) is 3.62. The van der Waals surface area contributed by atoms with Crippen LogP contribution in [0.1, 0.15) is 38.5 Å². The molecule has 128 valence electrons. The second-order valence-electron chi connectivity index (χ2n) is 6.61. The monoisotopic (exact) mass is 336 g/mol. The predicted octanol–water partition coefficient (Wildman–Crippen LogP) is 2.20. The van der Waals surface area contributed by atoms with Crippen LogP contribution in [-0.4, -0.2) is 49.5 Å². The lowest BCUT2D eigenvalue weighted by molar-refractivity contribution is -0.129. The molecule has 1 unspecified atom stereocenters. The van der Waals surface area contributed by atoms with Gasteiger partial charge in [-0.2, -0.15) is 0 Å². The average molecular weight is 337 g/mol. The SMILES string of the molecule is CCC(=O)N1CCC(NC(=NC)NCC(C)(C)c2cccs2)C1. The first kappa shape index (κ1) is 17.8. The van der Waals surface area contributed by atoms with Gasteiger partial charge in [0.1, 0.15) is 0 Å². The highest BCUT2D eigenvalue weighted by Gasteiger charge is 2.27. The molecule has 6 heteroatoms. The van der Waals surface area contributed by atoms with Gasteiger partial charge in [0.05, 0.1) is 0 Å². The molecule has 1 amide bonds. The summed E-state index contributed by atoms with van der Waals surface area (Å²) in [6.45, 7) is 8.80. The van der Waals surface area contributed by atoms with Gasteiger partial charge in [-0.05, 0) is 17.9 Å². The Balaban J connectivity index is 1.84. The molecule has 5 nitrogen and oxygen atoms in total. The molecule has 0 bridgehead atoms. The molecule has 0 saturated carbocycles. The maximum Gasteiger partial charge on any atom is 0.222 e. The third-order valence-corrected chi connectivity index (χ3v) is 5.53. The summed E-state index contributed by atoms with van der Waals surface area (Å²) in [4.78, 5) is 19.4. The number of nitrogens with zero attached hydrogens (tertiary/aromatic N) is 2. The van der Waals surface area contributed by atoms with E-state index in [9.17, 15) is 4.79 Å². The summed E-state index contributed by atoms with van der Waals surface area (Å²) in [5, 5.41) is 8.98. The number of rotatable bonds is 5. The van der Waals surface area contributed by atoms with Crippen molar-refractivity contribution in [3.63, 3.8) is 0 Å². The topological polar surface area (TPSA) is 56.7 Å². The fourth-order valence-electron chi connectivity index (χ4n) is 2.77. The first-order chi connectivity index (χ1) is 11.0. The van der Waals surface area contributed by atoms with Crippen molar-refractivity contribution in [3.05, 3.63) is 22.4 Å². The smallest absolute Gasteiger partial charge is 0.222 e. The lowest BCUT2D eigenvalue weighted by Crippen LogP contribution is -2.48. The number of carbonyl (C=O) groups is 1. The largest absolute Gasteiger partial charge is 0.356 e. The Bertz CT molecular complexity index is 539. The number of guanidine groups is 1. The zero-order valence-electron chi connectivity index (χ0n) is 14.6. The van der Waals surface area contributed by atoms with Crippen molar-refractivity contribution < 1.29 is 4.79 Å². The zero-order chi connectivity index (χ0) is 16.9. The van der Waals surface area contributed by atoms with E-state index < -0.39 is 0 Å². The molecule has 23 heavy (non-hydrogen) atoms. The van der Waals surface area contributed by atoms with Gasteiger partial charge in [0, 0.05) is 49.4 Å². The van der Waals surface area contributed by atoms with Crippen LogP contribution >= 0.6 is 11.3 Å². The van der Waals surface area contributed by atoms with Crippen LogP contribution in [0.4, 0.5) is 0 Å². The summed E-state index contributed by atoms with van der Waals surface area (Å²) in [6, 6.07) is 4.54. The predicted molar refractivity (Wildman–Crippen MR) is 97.1 cm³/mol. The number of hydrogen-bond donors (Lipinski definition) is 2. The first-order valence-corrected chi connectivity index (χ1v) is 9.13. The summed E-state index contributed by atoms with van der Waals surface area (Å²) in [7, 11) is 1.79. The number of thiophene rings is 1. The maximum atomic E-state index is 11.8. The van der Waals surface area contributed by atoms with Gasteiger partial charge < -0.3 is 15.5 Å². The molecule has 2 N–H and O–H groups in total. The standard InChI is InChI=1S/C17H28N4OS/c1-5-15(22)21-9-8-13(11-21)20-16(18-4)19-12-17(2,3)14-7-6-10-23-14/h6-7,10,13H,5,8-9,11-12H2,1-4H3,(H2,18,19,20). The number of likely N-dealkylation sites (tertiary alicyclic amines) is 1. The number of carbonyl (C=O) groups excluding carboxylic acids is 1. The summed E-state index contributed by atoms with van der Waals surface area (Å²) >= 11 is 1.78. The molecular weight excluding hydrogens is 308 g/mol. The molecule has 1 fully saturated rings. The van der Waals surface area contributed by atoms with Crippen molar-refractivity contribution in [2.75, 3.05) is 26.7 Å². The molecule has 0 radical (unpaired) electrons. The van der Waals surface area contributed by atoms with Gasteiger partial charge in [0.2, 0.25) is 5.91 Å². The van der Waals surface area contributed by atoms with Crippen molar-refractivity contribution in [1.29, 1.82) is 0 Å². The van der Waals surface area contributed by atoms with Crippen LogP contribution in [0, 0.1) is 0 Å². The van der Waals surface area contributed by atoms with Crippen LogP contribution in [0.5, 0.6) is 0 Å². The van der Waals surface area contributed by atoms with E-state index in [2.05, 4.69) is 47.0 Å². The Morgan fingerprint density at radius 2 is 2.30 bits per heavy atom. The van der Waals surface area contributed by atoms with Crippen molar-refractivity contribution in [2.24, 2.45) is 4.99 Å². The van der Waals surface area contributed by atoms with Crippen LogP contribution in [0.25, 0.3) is 0 Å². The van der Waals surface area contributed by atoms with Crippen molar-refractivity contribution in [1.82, 2.24) is 15.5 Å². The Labute approximate surface area is 143 Å². The lowest BCUT2D eigenvalue weighted by atomic mass is 9.91. The normalized spacial score (nSPS) is 19.0. The van der Waals surface area contributed by atoms with Gasteiger partial charge in [-0.3, -0.25) is 9.79 Å². The van der Waals surface area contributed by atoms with E-state index >= 15 is 0 Å². The van der Waals surface area contributed by atoms with Gasteiger partial charge in [0.25, 0.3) is 0 Å². The number of hydrogen-bond acceptors (Lipinski definition) is 3. The van der Waals surface area contributed by atoms with E-state index in [-0.39, 0.29) is 17.4 Å². The van der Waals surface area contributed by atoms with Crippen LogP contribution < -0.4 is 10.6 Å². The molecule has 1 aliphatic rings. The van der Waals surface area contributed by atoms with Crippen molar-refractivity contribution in [3.8, 4) is 0 Å². The highest BCUT2D eigenvalue weighted by molar-refractivity contribution is 7.10. The number of nitrogens with one attached hydrogen (secondary N) is 2. The first-order valence-electron chi connectivity index (χ1n) is 8.25. The van der Waals surface area contributed by atoms with Crippen LogP contribution in [0.3, 0.4) is 0 Å². The molecule has 1 aromatic heterocycles. The second kappa shape index (κ2) is 7.81. The molecule has 1 saturated heterocycles. The Morgan fingerprint density at radius 3 is 2.91 bits per heavy atom. The minimum absolute atomic E-state index is 0.0612. The Hall–Kier alpha value is -1.56. The summed E-state index contributed by atoms with van der Waals surface area (Å²) < 4.78 is 0. The Morgan fingerprint density at radius 1 is 1.52 bits per heavy atom. The highest BCUT2D eigenvalue weighted by atomic mass is 32.1. The molecule has 0 aliphatic carbocycles. The summed E-state index contributed by atoms with van der Waals surface area (Å²) in [5.74, 6) is 1.04. The minimum Gasteiger partial charge on any atom is -0.356 e. The van der Waals surface area contributed by atoms with E-state index in [1.54, 1.807) is 18.4 Å². The quantitative estimate of drug-likeness (QED) is 0.640. The van der Waals surface area contributed by atoms with E-state index in [4.69, 9.17) is 0 Å². The molecule has 1 aromatic rings. The molecular formula is C17H28N4OS. The average Bonchev–Trinajstić information content (AvgIpc) is 3.22. The molecule has 1 aliphatic heterocycles. The number of aliphatic imine (C=N–C) groups is 1. The summed E-state index contributed by atoms with van der Waals surface area (Å²) in [6.07, 6.45) is 1.55. The van der Waals surface area contributed by atoms with Gasteiger partial charge in [-0.1, -0.05) is 26.8 Å². The lowest BCUT2D eigenvalue weighted by Gasteiger charge is -2.26. The van der Waals surface area contributed by atoms with E-state index in [0.29, 0.717) is 6.42 Å². The van der Waals surface area contributed by atoms with E-state index in [0.717, 1.165) is 32.0 Å². The third-order valence-electron chi connectivity index (χ3n) is 4.29. The minimum atomic E-state index is 0.0612. The van der Waals surface area contributed by atoms with Crippen molar-refractivity contribution >= 4 is 23.2 Å². The van der Waals surface area contributed by atoms with Crippen LogP contribution in [0.2, 0.25) is 0 Å². The van der Waals surface area contributed by atoms with Gasteiger partial charge >= 0.3 is 0 Å². The van der Waals surface area contributed by atoms with Gasteiger partial charge in [-0.15, -0.1) is 11.3 Å². The van der Waals surface area contributed by atoms with E-state index in [1.165, 1.54) is 4.88 Å². The molecule has 0 aromatic carbocycles. The van der Waals surface area contributed by atoms with Crippen LogP contribution in [0.15, 0.2) is 22.5 Å². The molecule has 2 heterocycles. The zero-order valence-corrected chi connectivity index (χ0v) is 15.4. The maximum absolute atomic E-state index is 11.8. The molecule has 0 spiro atoms. The fraction of sp³-hybridized carbons (Fsp3) is 0.647. The molecule has 2 rings (SSSR count). The Kier molecular flexibility index (Phi) is 6.04. The second-order valence-corrected chi connectivity index (χ2v) is 7.56. The van der Waals surface area contributed by atoms with Crippen LogP contribution in [-0.2, 0) is 10.2 Å². The van der Waals surface area contributed by atoms with E-state index in [1.807, 2.05) is 11.8 Å². The highest BCUT2D eigenvalue weighted by Crippen LogP contribution is 2.26. The van der Waals surface area contributed by atoms with Crippen molar-refractivity contribution in [2.45, 2.75) is 45.1 Å². The summed E-state index contributed by atoms with van der Waals surface area (Å²) in [5.41, 5.74) is 0.0612. The van der Waals surface area contributed by atoms with Gasteiger partial charge in [0.15, 0.2) is 5.96 Å². The molecule has 1 atom stereocenters. The van der Waals surface area contributed by atoms with Gasteiger partial charge in [-0.25, -0.2) is 0 Å². The third kappa shape index (κ3) is 4.70.